The lowest BCUT2D eigenvalue weighted by atomic mass is 10.2. The summed E-state index contributed by atoms with van der Waals surface area (Å²) in [5.41, 5.74) is 1.69. The summed E-state index contributed by atoms with van der Waals surface area (Å²) in [7, 11) is 0. The lowest BCUT2D eigenvalue weighted by Crippen LogP contribution is -2.21. The number of nitrogens with one attached hydrogen (secondary N) is 2. The van der Waals surface area contributed by atoms with Crippen molar-refractivity contribution in [3.05, 3.63) is 52.1 Å². The number of benzene rings is 2. The first kappa shape index (κ1) is 17.6. The minimum absolute atomic E-state index is 0.0841. The molecule has 0 radical (unpaired) electrons. The van der Waals surface area contributed by atoms with Crippen LogP contribution in [0.3, 0.4) is 0 Å². The Bertz CT molecular complexity index is 626. The van der Waals surface area contributed by atoms with Crippen LogP contribution in [0.15, 0.2) is 48.5 Å². The molecule has 0 aromatic heterocycles. The third-order valence-corrected chi connectivity index (χ3v) is 4.07. The predicted octanol–water partition coefficient (Wildman–Crippen LogP) is 4.52. The SMILES string of the molecule is CCC(C)Oc1ccc(NC(=O)CNc2ccc(I)cc2)cc1. The highest BCUT2D eigenvalue weighted by molar-refractivity contribution is 14.1. The van der Waals surface area contributed by atoms with E-state index in [-0.39, 0.29) is 18.6 Å². The first-order valence-corrected chi connectivity index (χ1v) is 8.70. The molecule has 5 heteroatoms. The van der Waals surface area contributed by atoms with Crippen LogP contribution in [-0.2, 0) is 4.79 Å². The molecule has 1 unspecified atom stereocenters. The monoisotopic (exact) mass is 424 g/mol. The second-order valence-corrected chi connectivity index (χ2v) is 6.52. The van der Waals surface area contributed by atoms with Gasteiger partial charge in [0, 0.05) is 14.9 Å². The number of hydrogen-bond acceptors (Lipinski definition) is 3. The van der Waals surface area contributed by atoms with Crippen LogP contribution in [0, 0.1) is 3.57 Å². The number of rotatable bonds is 7. The van der Waals surface area contributed by atoms with Crippen LogP contribution in [0.5, 0.6) is 5.75 Å². The smallest absolute Gasteiger partial charge is 0.243 e. The van der Waals surface area contributed by atoms with Gasteiger partial charge in [-0.25, -0.2) is 0 Å². The Morgan fingerprint density at radius 3 is 2.30 bits per heavy atom. The summed E-state index contributed by atoms with van der Waals surface area (Å²) in [5.74, 6) is 0.730. The van der Waals surface area contributed by atoms with Crippen molar-refractivity contribution < 1.29 is 9.53 Å². The summed E-state index contributed by atoms with van der Waals surface area (Å²) in [4.78, 5) is 12.0. The van der Waals surface area contributed by atoms with Crippen LogP contribution in [0.4, 0.5) is 11.4 Å². The van der Waals surface area contributed by atoms with E-state index in [0.717, 1.165) is 27.1 Å². The molecule has 0 bridgehead atoms. The minimum atomic E-state index is -0.0841. The maximum Gasteiger partial charge on any atom is 0.243 e. The molecule has 0 spiro atoms. The zero-order valence-corrected chi connectivity index (χ0v) is 15.5. The Kier molecular flexibility index (Phi) is 6.70. The Balaban J connectivity index is 1.81. The molecule has 2 N–H and O–H groups in total. The van der Waals surface area contributed by atoms with E-state index in [1.165, 1.54) is 0 Å². The van der Waals surface area contributed by atoms with E-state index < -0.39 is 0 Å². The average Bonchev–Trinajstić information content (AvgIpc) is 2.56. The lowest BCUT2D eigenvalue weighted by molar-refractivity contribution is -0.114. The Labute approximate surface area is 150 Å². The summed E-state index contributed by atoms with van der Waals surface area (Å²) in [6, 6.07) is 15.3. The number of halogens is 1. The fourth-order valence-corrected chi connectivity index (χ4v) is 2.25. The minimum Gasteiger partial charge on any atom is -0.491 e. The number of anilines is 2. The molecule has 2 rings (SSSR count). The van der Waals surface area contributed by atoms with Crippen molar-refractivity contribution in [1.82, 2.24) is 0 Å². The largest absolute Gasteiger partial charge is 0.491 e. The molecule has 1 atom stereocenters. The van der Waals surface area contributed by atoms with Crippen molar-refractivity contribution in [3.8, 4) is 5.75 Å². The van der Waals surface area contributed by atoms with Gasteiger partial charge in [-0.15, -0.1) is 0 Å². The van der Waals surface area contributed by atoms with Gasteiger partial charge in [0.25, 0.3) is 0 Å². The summed E-state index contributed by atoms with van der Waals surface area (Å²) < 4.78 is 6.88. The molecule has 0 saturated heterocycles. The topological polar surface area (TPSA) is 50.4 Å². The van der Waals surface area contributed by atoms with Crippen molar-refractivity contribution in [2.45, 2.75) is 26.4 Å². The number of carbonyl (C=O) groups is 1. The van der Waals surface area contributed by atoms with Crippen LogP contribution in [0.1, 0.15) is 20.3 Å². The molecule has 0 fully saturated rings. The van der Waals surface area contributed by atoms with Crippen molar-refractivity contribution in [2.24, 2.45) is 0 Å². The molecule has 0 saturated carbocycles. The highest BCUT2D eigenvalue weighted by Gasteiger charge is 2.04. The highest BCUT2D eigenvalue weighted by Crippen LogP contribution is 2.17. The van der Waals surface area contributed by atoms with Crippen LogP contribution in [0.2, 0.25) is 0 Å². The quantitative estimate of drug-likeness (QED) is 0.643. The third-order valence-electron chi connectivity index (χ3n) is 3.35. The Morgan fingerprint density at radius 2 is 1.70 bits per heavy atom. The second kappa shape index (κ2) is 8.76. The van der Waals surface area contributed by atoms with Gasteiger partial charge >= 0.3 is 0 Å². The van der Waals surface area contributed by atoms with E-state index in [2.05, 4.69) is 40.1 Å². The van der Waals surface area contributed by atoms with E-state index >= 15 is 0 Å². The van der Waals surface area contributed by atoms with E-state index in [1.807, 2.05) is 55.5 Å². The van der Waals surface area contributed by atoms with Gasteiger partial charge in [0.2, 0.25) is 5.91 Å². The molecule has 2 aromatic carbocycles. The molecule has 2 aromatic rings. The number of carbonyl (C=O) groups excluding carboxylic acids is 1. The summed E-state index contributed by atoms with van der Waals surface area (Å²) in [6.07, 6.45) is 1.15. The zero-order valence-electron chi connectivity index (χ0n) is 13.3. The van der Waals surface area contributed by atoms with Gasteiger partial charge in [-0.1, -0.05) is 6.92 Å². The molecular weight excluding hydrogens is 403 g/mol. The summed E-state index contributed by atoms with van der Waals surface area (Å²) >= 11 is 2.25. The molecule has 0 aliphatic heterocycles. The Hall–Kier alpha value is -1.76. The number of ether oxygens (including phenoxy) is 1. The van der Waals surface area contributed by atoms with Crippen LogP contribution >= 0.6 is 22.6 Å². The van der Waals surface area contributed by atoms with Gasteiger partial charge in [0.05, 0.1) is 12.6 Å². The van der Waals surface area contributed by atoms with Crippen LogP contribution in [0.25, 0.3) is 0 Å². The van der Waals surface area contributed by atoms with E-state index in [0.29, 0.717) is 0 Å². The van der Waals surface area contributed by atoms with Crippen molar-refractivity contribution in [3.63, 3.8) is 0 Å². The fourth-order valence-electron chi connectivity index (χ4n) is 1.89. The fraction of sp³-hybridized carbons (Fsp3) is 0.278. The molecule has 0 aliphatic carbocycles. The van der Waals surface area contributed by atoms with Gasteiger partial charge in [-0.05, 0) is 84.5 Å². The van der Waals surface area contributed by atoms with Gasteiger partial charge in [0.15, 0.2) is 0 Å². The number of amides is 1. The standard InChI is InChI=1S/C18H21IN2O2/c1-3-13(2)23-17-10-8-16(9-11-17)21-18(22)12-20-15-6-4-14(19)5-7-15/h4-11,13,20H,3,12H2,1-2H3,(H,21,22). The van der Waals surface area contributed by atoms with Gasteiger partial charge < -0.3 is 15.4 Å². The maximum atomic E-state index is 12.0. The van der Waals surface area contributed by atoms with Crippen molar-refractivity contribution in [2.75, 3.05) is 17.2 Å². The molecule has 1 amide bonds. The first-order chi connectivity index (χ1) is 11.1. The lowest BCUT2D eigenvalue weighted by Gasteiger charge is -2.13. The number of hydrogen-bond donors (Lipinski definition) is 2. The molecular formula is C18H21IN2O2. The third kappa shape index (κ3) is 6.09. The van der Waals surface area contributed by atoms with E-state index in [4.69, 9.17) is 4.74 Å². The molecule has 4 nitrogen and oxygen atoms in total. The van der Waals surface area contributed by atoms with Gasteiger partial charge in [0.1, 0.15) is 5.75 Å². The van der Waals surface area contributed by atoms with Crippen LogP contribution in [-0.4, -0.2) is 18.6 Å². The zero-order chi connectivity index (χ0) is 16.7. The summed E-state index contributed by atoms with van der Waals surface area (Å²) in [6.45, 7) is 4.34. The normalized spacial score (nSPS) is 11.6. The highest BCUT2D eigenvalue weighted by atomic mass is 127. The maximum absolute atomic E-state index is 12.0. The van der Waals surface area contributed by atoms with E-state index in [1.54, 1.807) is 0 Å². The summed E-state index contributed by atoms with van der Waals surface area (Å²) in [5, 5.41) is 5.96. The second-order valence-electron chi connectivity index (χ2n) is 5.27. The van der Waals surface area contributed by atoms with Crippen molar-refractivity contribution in [1.29, 1.82) is 0 Å². The molecule has 0 heterocycles. The van der Waals surface area contributed by atoms with E-state index in [9.17, 15) is 4.79 Å². The molecule has 0 aliphatic rings. The average molecular weight is 424 g/mol. The van der Waals surface area contributed by atoms with Gasteiger partial charge in [-0.3, -0.25) is 4.79 Å². The first-order valence-electron chi connectivity index (χ1n) is 7.63. The van der Waals surface area contributed by atoms with Crippen LogP contribution < -0.4 is 15.4 Å². The van der Waals surface area contributed by atoms with Gasteiger partial charge in [-0.2, -0.15) is 0 Å². The molecule has 23 heavy (non-hydrogen) atoms. The molecule has 122 valence electrons. The van der Waals surface area contributed by atoms with Crippen molar-refractivity contribution >= 4 is 39.9 Å². The predicted molar refractivity (Wildman–Crippen MR) is 103 cm³/mol. The Morgan fingerprint density at radius 1 is 1.09 bits per heavy atom.